The van der Waals surface area contributed by atoms with Crippen LogP contribution in [0.15, 0.2) is 24.3 Å². The van der Waals surface area contributed by atoms with Gasteiger partial charge in [-0.15, -0.1) is 0 Å². The van der Waals surface area contributed by atoms with Gasteiger partial charge < -0.3 is 5.32 Å². The zero-order valence-electron chi connectivity index (χ0n) is 10.9. The molecule has 0 aromatic heterocycles. The summed E-state index contributed by atoms with van der Waals surface area (Å²) in [4.78, 5) is 11.8. The molecule has 0 unspecified atom stereocenters. The number of benzene rings is 1. The van der Waals surface area contributed by atoms with Gasteiger partial charge in [-0.1, -0.05) is 29.8 Å². The predicted molar refractivity (Wildman–Crippen MR) is 77.7 cm³/mol. The molecular weight excluding hydrogens is 242 g/mol. The molecule has 98 valence electrons. The minimum absolute atomic E-state index is 0.201. The second kappa shape index (κ2) is 6.83. The van der Waals surface area contributed by atoms with Gasteiger partial charge in [-0.2, -0.15) is 11.8 Å². The van der Waals surface area contributed by atoms with Crippen molar-refractivity contribution < 1.29 is 4.79 Å². The molecule has 18 heavy (non-hydrogen) atoms. The highest BCUT2D eigenvalue weighted by Crippen LogP contribution is 2.25. The summed E-state index contributed by atoms with van der Waals surface area (Å²) in [5, 5.41) is 3.02. The highest BCUT2D eigenvalue weighted by atomic mass is 32.2. The van der Waals surface area contributed by atoms with Crippen molar-refractivity contribution in [1.29, 1.82) is 0 Å². The smallest absolute Gasteiger partial charge is 0.220 e. The molecule has 0 saturated carbocycles. The lowest BCUT2D eigenvalue weighted by Gasteiger charge is -2.20. The Labute approximate surface area is 114 Å². The summed E-state index contributed by atoms with van der Waals surface area (Å²) >= 11 is 2.01. The highest BCUT2D eigenvalue weighted by Gasteiger charge is 2.16. The van der Waals surface area contributed by atoms with Gasteiger partial charge in [0.05, 0.1) is 0 Å². The van der Waals surface area contributed by atoms with Crippen LogP contribution in [0.1, 0.15) is 30.4 Å². The van der Waals surface area contributed by atoms with Gasteiger partial charge in [0.15, 0.2) is 0 Å². The summed E-state index contributed by atoms with van der Waals surface area (Å²) in [6.07, 6.45) is 3.09. The summed E-state index contributed by atoms with van der Waals surface area (Å²) in [5.41, 5.74) is 2.43. The standard InChI is InChI=1S/C15H21NOS/c1-12-2-4-14(5-3-12)11-16-15(17)10-13-6-8-18-9-7-13/h2-5,13H,6-11H2,1H3,(H,16,17). The van der Waals surface area contributed by atoms with Crippen LogP contribution in [-0.2, 0) is 11.3 Å². The van der Waals surface area contributed by atoms with E-state index in [2.05, 4.69) is 36.5 Å². The molecule has 1 heterocycles. The van der Waals surface area contributed by atoms with Crippen LogP contribution >= 0.6 is 11.8 Å². The van der Waals surface area contributed by atoms with Crippen molar-refractivity contribution in [3.05, 3.63) is 35.4 Å². The number of hydrogen-bond acceptors (Lipinski definition) is 2. The first-order valence-corrected chi connectivity index (χ1v) is 7.79. The van der Waals surface area contributed by atoms with Crippen molar-refractivity contribution >= 4 is 17.7 Å². The Morgan fingerprint density at radius 2 is 1.94 bits per heavy atom. The Morgan fingerprint density at radius 3 is 2.61 bits per heavy atom. The lowest BCUT2D eigenvalue weighted by atomic mass is 9.98. The number of nitrogens with one attached hydrogen (secondary N) is 1. The van der Waals surface area contributed by atoms with Gasteiger partial charge in [0.1, 0.15) is 0 Å². The quantitative estimate of drug-likeness (QED) is 0.904. The van der Waals surface area contributed by atoms with Crippen LogP contribution in [0, 0.1) is 12.8 Å². The molecule has 0 radical (unpaired) electrons. The molecular formula is C15H21NOS. The van der Waals surface area contributed by atoms with Crippen LogP contribution in [0.4, 0.5) is 0 Å². The van der Waals surface area contributed by atoms with Crippen LogP contribution < -0.4 is 5.32 Å². The Hall–Kier alpha value is -0.960. The first-order chi connectivity index (χ1) is 8.74. The second-order valence-electron chi connectivity index (χ2n) is 5.02. The Kier molecular flexibility index (Phi) is 5.12. The van der Waals surface area contributed by atoms with Crippen LogP contribution in [0.2, 0.25) is 0 Å². The number of thioether (sulfide) groups is 1. The molecule has 0 atom stereocenters. The van der Waals surface area contributed by atoms with E-state index in [-0.39, 0.29) is 5.91 Å². The molecule has 1 saturated heterocycles. The Morgan fingerprint density at radius 1 is 1.28 bits per heavy atom. The molecule has 2 nitrogen and oxygen atoms in total. The van der Waals surface area contributed by atoms with E-state index < -0.39 is 0 Å². The monoisotopic (exact) mass is 263 g/mol. The molecule has 1 aliphatic heterocycles. The van der Waals surface area contributed by atoms with Gasteiger partial charge in [-0.05, 0) is 42.8 Å². The van der Waals surface area contributed by atoms with Gasteiger partial charge in [0, 0.05) is 13.0 Å². The summed E-state index contributed by atoms with van der Waals surface area (Å²) in [6, 6.07) is 8.32. The average Bonchev–Trinajstić information content (AvgIpc) is 2.39. The topological polar surface area (TPSA) is 29.1 Å². The maximum atomic E-state index is 11.8. The van der Waals surface area contributed by atoms with E-state index in [1.165, 1.54) is 35.5 Å². The number of hydrogen-bond donors (Lipinski definition) is 1. The molecule has 1 aromatic rings. The lowest BCUT2D eigenvalue weighted by molar-refractivity contribution is -0.122. The molecule has 0 spiro atoms. The number of aryl methyl sites for hydroxylation is 1. The van der Waals surface area contributed by atoms with Gasteiger partial charge >= 0.3 is 0 Å². The van der Waals surface area contributed by atoms with E-state index in [0.717, 1.165) is 0 Å². The van der Waals surface area contributed by atoms with Crippen molar-refractivity contribution in [1.82, 2.24) is 5.32 Å². The maximum absolute atomic E-state index is 11.8. The molecule has 1 amide bonds. The molecule has 1 fully saturated rings. The fraction of sp³-hybridized carbons (Fsp3) is 0.533. The zero-order chi connectivity index (χ0) is 12.8. The largest absolute Gasteiger partial charge is 0.352 e. The van der Waals surface area contributed by atoms with Crippen LogP contribution in [0.3, 0.4) is 0 Å². The van der Waals surface area contributed by atoms with Crippen molar-refractivity contribution in [3.8, 4) is 0 Å². The second-order valence-corrected chi connectivity index (χ2v) is 6.25. The molecule has 3 heteroatoms. The van der Waals surface area contributed by atoms with E-state index in [1.54, 1.807) is 0 Å². The highest BCUT2D eigenvalue weighted by molar-refractivity contribution is 7.99. The maximum Gasteiger partial charge on any atom is 0.220 e. The van der Waals surface area contributed by atoms with Gasteiger partial charge in [0.25, 0.3) is 0 Å². The average molecular weight is 263 g/mol. The van der Waals surface area contributed by atoms with E-state index in [1.807, 2.05) is 11.8 Å². The van der Waals surface area contributed by atoms with Crippen molar-refractivity contribution in [2.75, 3.05) is 11.5 Å². The number of amides is 1. The molecule has 0 aliphatic carbocycles. The molecule has 1 aliphatic rings. The minimum atomic E-state index is 0.201. The molecule has 1 N–H and O–H groups in total. The fourth-order valence-corrected chi connectivity index (χ4v) is 3.40. The molecule has 1 aromatic carbocycles. The van der Waals surface area contributed by atoms with Crippen LogP contribution in [-0.4, -0.2) is 17.4 Å². The summed E-state index contributed by atoms with van der Waals surface area (Å²) in [6.45, 7) is 2.73. The van der Waals surface area contributed by atoms with Crippen molar-refractivity contribution in [2.45, 2.75) is 32.7 Å². The van der Waals surface area contributed by atoms with Crippen LogP contribution in [0.5, 0.6) is 0 Å². The van der Waals surface area contributed by atoms with E-state index >= 15 is 0 Å². The predicted octanol–water partition coefficient (Wildman–Crippen LogP) is 3.14. The summed E-state index contributed by atoms with van der Waals surface area (Å²) in [7, 11) is 0. The first-order valence-electron chi connectivity index (χ1n) is 6.64. The Bertz CT molecular complexity index is 382. The Balaban J connectivity index is 1.72. The lowest BCUT2D eigenvalue weighted by Crippen LogP contribution is -2.26. The summed E-state index contributed by atoms with van der Waals surface area (Å²) in [5.74, 6) is 3.24. The number of carbonyl (C=O) groups is 1. The van der Waals surface area contributed by atoms with Gasteiger partial charge in [-0.3, -0.25) is 4.79 Å². The van der Waals surface area contributed by atoms with Crippen molar-refractivity contribution in [3.63, 3.8) is 0 Å². The summed E-state index contributed by atoms with van der Waals surface area (Å²) < 4.78 is 0. The van der Waals surface area contributed by atoms with Gasteiger partial charge in [-0.25, -0.2) is 0 Å². The fourth-order valence-electron chi connectivity index (χ4n) is 2.19. The normalized spacial score (nSPS) is 16.5. The van der Waals surface area contributed by atoms with Crippen molar-refractivity contribution in [2.24, 2.45) is 5.92 Å². The molecule has 0 bridgehead atoms. The van der Waals surface area contributed by atoms with E-state index in [0.29, 0.717) is 18.9 Å². The third-order valence-corrected chi connectivity index (χ3v) is 4.47. The van der Waals surface area contributed by atoms with E-state index in [9.17, 15) is 4.79 Å². The molecule has 2 rings (SSSR count). The number of rotatable bonds is 4. The van der Waals surface area contributed by atoms with E-state index in [4.69, 9.17) is 0 Å². The minimum Gasteiger partial charge on any atom is -0.352 e. The zero-order valence-corrected chi connectivity index (χ0v) is 11.8. The third-order valence-electron chi connectivity index (χ3n) is 3.43. The third kappa shape index (κ3) is 4.37. The number of carbonyl (C=O) groups excluding carboxylic acids is 1. The first kappa shape index (κ1) is 13.5. The van der Waals surface area contributed by atoms with Gasteiger partial charge in [0.2, 0.25) is 5.91 Å². The van der Waals surface area contributed by atoms with Crippen LogP contribution in [0.25, 0.3) is 0 Å². The SMILES string of the molecule is Cc1ccc(CNC(=O)CC2CCSCC2)cc1.